The largest absolute Gasteiger partial charge is 0.421 e. The molecule has 6 rings (SSSR count). The molecule has 170 valence electrons. The molecule has 1 aliphatic carbocycles. The van der Waals surface area contributed by atoms with Gasteiger partial charge in [-0.2, -0.15) is 9.97 Å². The number of benzene rings is 1. The number of nitrogens with zero attached hydrogens (tertiary/aromatic N) is 5. The first-order valence-corrected chi connectivity index (χ1v) is 10.9. The van der Waals surface area contributed by atoms with Gasteiger partial charge in [-0.25, -0.2) is 18.7 Å². The number of fused-ring (bicyclic) bond motifs is 4. The molecule has 4 heterocycles. The Kier molecular flexibility index (Phi) is 4.37. The minimum atomic E-state index is -0.945. The van der Waals surface area contributed by atoms with E-state index >= 15 is 4.39 Å². The number of rotatable bonds is 5. The molecule has 0 amide bonds. The fourth-order valence-corrected chi connectivity index (χ4v) is 4.79. The van der Waals surface area contributed by atoms with Crippen molar-refractivity contribution in [3.05, 3.63) is 35.9 Å². The van der Waals surface area contributed by atoms with Crippen LogP contribution in [-0.4, -0.2) is 50.6 Å². The molecule has 3 aromatic heterocycles. The fourth-order valence-electron chi connectivity index (χ4n) is 4.79. The Balaban J connectivity index is 1.53. The molecule has 4 aromatic rings. The number of hydrogen-bond acceptors (Lipinski definition) is 8. The SMILES string of the molecule is CCc1ncc(Oc2nc(N3C[C@@H]4C(N)CC43)c3c(n2)[nH]c2c(NC)cc(F)c(F)c23)cn1. The van der Waals surface area contributed by atoms with Crippen LogP contribution in [0.1, 0.15) is 19.2 Å². The minimum Gasteiger partial charge on any atom is -0.421 e. The molecule has 4 N–H and O–H groups in total. The highest BCUT2D eigenvalue weighted by Gasteiger charge is 2.52. The van der Waals surface area contributed by atoms with Gasteiger partial charge in [-0.05, 0) is 6.42 Å². The molecular weight excluding hydrogens is 430 g/mol. The van der Waals surface area contributed by atoms with Crippen LogP contribution in [0.15, 0.2) is 18.5 Å². The Hall–Kier alpha value is -3.60. The highest BCUT2D eigenvalue weighted by Crippen LogP contribution is 2.47. The topological polar surface area (TPSA) is 118 Å². The fraction of sp³-hybridized carbons (Fsp3) is 0.364. The Labute approximate surface area is 187 Å². The maximum Gasteiger partial charge on any atom is 0.326 e. The van der Waals surface area contributed by atoms with Gasteiger partial charge in [-0.3, -0.25) is 0 Å². The van der Waals surface area contributed by atoms with E-state index in [1.54, 1.807) is 19.4 Å². The summed E-state index contributed by atoms with van der Waals surface area (Å²) in [7, 11) is 1.65. The molecule has 11 heteroatoms. The van der Waals surface area contributed by atoms with Crippen molar-refractivity contribution in [1.29, 1.82) is 0 Å². The third-order valence-corrected chi connectivity index (χ3v) is 6.70. The van der Waals surface area contributed by atoms with Crippen molar-refractivity contribution in [2.24, 2.45) is 11.7 Å². The third kappa shape index (κ3) is 2.92. The number of H-pyrrole nitrogens is 1. The zero-order valence-electron chi connectivity index (χ0n) is 18.1. The second-order valence-corrected chi connectivity index (χ2v) is 8.47. The van der Waals surface area contributed by atoms with E-state index in [0.717, 1.165) is 12.5 Å². The normalized spacial score (nSPS) is 21.6. The lowest BCUT2D eigenvalue weighted by molar-refractivity contribution is 0.121. The number of nitrogens with two attached hydrogens (primary N) is 1. The molecule has 1 saturated carbocycles. The van der Waals surface area contributed by atoms with Gasteiger partial charge in [0.25, 0.3) is 0 Å². The van der Waals surface area contributed by atoms with Gasteiger partial charge in [0.2, 0.25) is 0 Å². The molecule has 0 spiro atoms. The predicted octanol–water partition coefficient (Wildman–Crippen LogP) is 3.11. The van der Waals surface area contributed by atoms with E-state index in [0.29, 0.717) is 58.5 Å². The van der Waals surface area contributed by atoms with Gasteiger partial charge in [-0.15, -0.1) is 0 Å². The number of nitrogens with one attached hydrogen (secondary N) is 2. The van der Waals surface area contributed by atoms with Crippen LogP contribution < -0.4 is 20.7 Å². The van der Waals surface area contributed by atoms with E-state index in [2.05, 4.69) is 35.1 Å². The number of aromatic amines is 1. The summed E-state index contributed by atoms with van der Waals surface area (Å²) >= 11 is 0. The first-order chi connectivity index (χ1) is 16.0. The Morgan fingerprint density at radius 3 is 2.67 bits per heavy atom. The van der Waals surface area contributed by atoms with Crippen molar-refractivity contribution in [3.63, 3.8) is 0 Å². The van der Waals surface area contributed by atoms with Gasteiger partial charge in [0.15, 0.2) is 17.4 Å². The summed E-state index contributed by atoms with van der Waals surface area (Å²) in [5, 5.41) is 3.44. The Bertz CT molecular complexity index is 1390. The zero-order chi connectivity index (χ0) is 22.9. The highest BCUT2D eigenvalue weighted by atomic mass is 19.2. The molecule has 0 radical (unpaired) electrons. The average Bonchev–Trinajstić information content (AvgIpc) is 3.20. The van der Waals surface area contributed by atoms with Crippen molar-refractivity contribution in [2.75, 3.05) is 23.8 Å². The van der Waals surface area contributed by atoms with Crippen molar-refractivity contribution in [1.82, 2.24) is 24.9 Å². The van der Waals surface area contributed by atoms with Crippen LogP contribution in [-0.2, 0) is 6.42 Å². The van der Waals surface area contributed by atoms with Crippen LogP contribution in [0.2, 0.25) is 0 Å². The van der Waals surface area contributed by atoms with E-state index in [4.69, 9.17) is 10.5 Å². The van der Waals surface area contributed by atoms with Crippen LogP contribution in [0.25, 0.3) is 21.9 Å². The third-order valence-electron chi connectivity index (χ3n) is 6.70. The van der Waals surface area contributed by atoms with Crippen LogP contribution >= 0.6 is 0 Å². The lowest BCUT2D eigenvalue weighted by Gasteiger charge is -2.59. The van der Waals surface area contributed by atoms with Crippen LogP contribution in [0.4, 0.5) is 20.3 Å². The summed E-state index contributed by atoms with van der Waals surface area (Å²) in [6.07, 6.45) is 4.64. The lowest BCUT2D eigenvalue weighted by Crippen LogP contribution is -2.71. The Morgan fingerprint density at radius 2 is 2.03 bits per heavy atom. The molecule has 3 atom stereocenters. The summed E-state index contributed by atoms with van der Waals surface area (Å²) in [6, 6.07) is 1.55. The molecule has 2 unspecified atom stereocenters. The van der Waals surface area contributed by atoms with E-state index in [1.165, 1.54) is 0 Å². The predicted molar refractivity (Wildman–Crippen MR) is 120 cm³/mol. The molecule has 1 aliphatic heterocycles. The summed E-state index contributed by atoms with van der Waals surface area (Å²) < 4.78 is 35.3. The minimum absolute atomic E-state index is 0.0656. The summed E-state index contributed by atoms with van der Waals surface area (Å²) in [4.78, 5) is 22.7. The van der Waals surface area contributed by atoms with Gasteiger partial charge in [0, 0.05) is 44.1 Å². The van der Waals surface area contributed by atoms with E-state index in [-0.39, 0.29) is 23.5 Å². The lowest BCUT2D eigenvalue weighted by atomic mass is 9.67. The molecule has 1 aromatic carbocycles. The van der Waals surface area contributed by atoms with Crippen LogP contribution in [0.5, 0.6) is 11.8 Å². The number of ether oxygens (including phenoxy) is 1. The smallest absolute Gasteiger partial charge is 0.326 e. The first-order valence-electron chi connectivity index (χ1n) is 10.9. The quantitative estimate of drug-likeness (QED) is 0.423. The van der Waals surface area contributed by atoms with Crippen molar-refractivity contribution < 1.29 is 13.5 Å². The van der Waals surface area contributed by atoms with E-state index in [9.17, 15) is 4.39 Å². The van der Waals surface area contributed by atoms with E-state index < -0.39 is 11.6 Å². The molecule has 9 nitrogen and oxygen atoms in total. The number of anilines is 2. The number of hydrogen-bond donors (Lipinski definition) is 3. The molecule has 2 fully saturated rings. The summed E-state index contributed by atoms with van der Waals surface area (Å²) in [6.45, 7) is 2.65. The average molecular weight is 452 g/mol. The number of aromatic nitrogens is 5. The van der Waals surface area contributed by atoms with E-state index in [1.807, 2.05) is 6.92 Å². The van der Waals surface area contributed by atoms with Crippen LogP contribution in [0, 0.1) is 17.6 Å². The monoisotopic (exact) mass is 452 g/mol. The summed E-state index contributed by atoms with van der Waals surface area (Å²) in [5.41, 5.74) is 7.29. The first kappa shape index (κ1) is 20.0. The number of halogens is 2. The standard InChI is InChI=1S/C22H22F2N8O/c1-3-15-27-6-9(7-28-15)33-22-30-20-17(21(31-22)32-8-10-12(25)5-14(10)32)16-18(24)11(23)4-13(26-2)19(16)29-20/h4,6-7,10,12,14,26H,3,5,8,25H2,1-2H3,(H,29,30,31)/t10-,12?,14?/m1/s1. The van der Waals surface area contributed by atoms with Crippen molar-refractivity contribution in [3.8, 4) is 11.8 Å². The number of piperidine rings is 1. The van der Waals surface area contributed by atoms with Gasteiger partial charge in [-0.1, -0.05) is 6.92 Å². The van der Waals surface area contributed by atoms with Crippen molar-refractivity contribution in [2.45, 2.75) is 31.8 Å². The molecule has 1 saturated heterocycles. The second kappa shape index (κ2) is 7.20. The molecular formula is C22H22F2N8O. The van der Waals surface area contributed by atoms with Gasteiger partial charge in [0.05, 0.1) is 34.4 Å². The Morgan fingerprint density at radius 1 is 1.24 bits per heavy atom. The molecule has 33 heavy (non-hydrogen) atoms. The maximum absolute atomic E-state index is 15.0. The maximum atomic E-state index is 15.0. The summed E-state index contributed by atoms with van der Waals surface area (Å²) in [5.74, 6) is 0.0501. The van der Waals surface area contributed by atoms with Gasteiger partial charge < -0.3 is 25.7 Å². The zero-order valence-corrected chi connectivity index (χ0v) is 18.1. The molecule has 0 bridgehead atoms. The second-order valence-electron chi connectivity index (χ2n) is 8.47. The number of aryl methyl sites for hydroxylation is 1. The highest BCUT2D eigenvalue weighted by molar-refractivity contribution is 6.15. The van der Waals surface area contributed by atoms with Crippen LogP contribution in [0.3, 0.4) is 0 Å². The molecule has 2 aliphatic rings. The van der Waals surface area contributed by atoms with Gasteiger partial charge in [0.1, 0.15) is 17.3 Å². The van der Waals surface area contributed by atoms with Gasteiger partial charge >= 0.3 is 6.01 Å². The van der Waals surface area contributed by atoms with Crippen molar-refractivity contribution >= 4 is 33.4 Å².